The molecule has 1 aliphatic heterocycles. The van der Waals surface area contributed by atoms with Gasteiger partial charge in [-0.3, -0.25) is 0 Å². The van der Waals surface area contributed by atoms with Gasteiger partial charge in [-0.25, -0.2) is 0 Å². The van der Waals surface area contributed by atoms with E-state index in [1.165, 1.54) is 0 Å². The number of hydrogen-bond donors (Lipinski definition) is 1. The highest BCUT2D eigenvalue weighted by Crippen LogP contribution is 2.40. The molecule has 4 aromatic rings. The average Bonchev–Trinajstić information content (AvgIpc) is 2.85. The molecule has 0 amide bonds. The van der Waals surface area contributed by atoms with Crippen molar-refractivity contribution in [3.63, 3.8) is 0 Å². The Hall–Kier alpha value is -3.60. The lowest BCUT2D eigenvalue weighted by atomic mass is 9.93. The van der Waals surface area contributed by atoms with Crippen LogP contribution in [0.4, 0.5) is 0 Å². The molecule has 1 fully saturated rings. The van der Waals surface area contributed by atoms with E-state index in [-0.39, 0.29) is 12.2 Å². The van der Waals surface area contributed by atoms with Crippen LogP contribution in [0.3, 0.4) is 0 Å². The van der Waals surface area contributed by atoms with Crippen LogP contribution >= 0.6 is 0 Å². The summed E-state index contributed by atoms with van der Waals surface area (Å²) in [5.41, 5.74) is 1.98. The van der Waals surface area contributed by atoms with Crippen molar-refractivity contribution in [3.05, 3.63) is 120 Å². The SMILES string of the molecule is OC1CC(c2cccc(Oc3ccccc3)c2)OC(c2cccc(Oc3ccccc3)c2)C1. The van der Waals surface area contributed by atoms with E-state index >= 15 is 0 Å². The molecule has 0 bridgehead atoms. The highest BCUT2D eigenvalue weighted by molar-refractivity contribution is 5.37. The molecule has 0 aliphatic carbocycles. The summed E-state index contributed by atoms with van der Waals surface area (Å²) in [6.45, 7) is 0. The highest BCUT2D eigenvalue weighted by atomic mass is 16.5. The van der Waals surface area contributed by atoms with Crippen molar-refractivity contribution in [2.75, 3.05) is 0 Å². The summed E-state index contributed by atoms with van der Waals surface area (Å²) in [4.78, 5) is 0. The first kappa shape index (κ1) is 21.3. The van der Waals surface area contributed by atoms with Crippen LogP contribution in [-0.2, 0) is 4.74 Å². The smallest absolute Gasteiger partial charge is 0.127 e. The zero-order valence-electron chi connectivity index (χ0n) is 18.2. The molecular formula is C29H26O4. The fourth-order valence-electron chi connectivity index (χ4n) is 4.14. The van der Waals surface area contributed by atoms with E-state index in [1.54, 1.807) is 0 Å². The van der Waals surface area contributed by atoms with Gasteiger partial charge in [-0.1, -0.05) is 60.7 Å². The number of benzene rings is 4. The standard InChI is InChI=1S/C29H26O4/c30-23-19-28(21-9-7-15-26(17-21)31-24-11-3-1-4-12-24)33-29(20-23)22-10-8-16-27(18-22)32-25-13-5-2-6-14-25/h1-18,23,28-30H,19-20H2. The van der Waals surface area contributed by atoms with E-state index in [4.69, 9.17) is 14.2 Å². The minimum Gasteiger partial charge on any atom is -0.457 e. The van der Waals surface area contributed by atoms with E-state index in [9.17, 15) is 5.11 Å². The quantitative estimate of drug-likeness (QED) is 0.345. The summed E-state index contributed by atoms with van der Waals surface area (Å²) < 4.78 is 18.4. The van der Waals surface area contributed by atoms with Crippen molar-refractivity contribution in [1.82, 2.24) is 0 Å². The fraction of sp³-hybridized carbons (Fsp3) is 0.172. The van der Waals surface area contributed by atoms with Crippen LogP contribution in [0.5, 0.6) is 23.0 Å². The summed E-state index contributed by atoms with van der Waals surface area (Å²) in [5.74, 6) is 3.06. The minimum atomic E-state index is -0.453. The van der Waals surface area contributed by atoms with E-state index in [0.717, 1.165) is 34.1 Å². The van der Waals surface area contributed by atoms with Gasteiger partial charge in [-0.2, -0.15) is 0 Å². The molecule has 0 saturated carbocycles. The second kappa shape index (κ2) is 9.90. The first-order valence-corrected chi connectivity index (χ1v) is 11.2. The van der Waals surface area contributed by atoms with Gasteiger partial charge in [-0.15, -0.1) is 0 Å². The molecule has 4 nitrogen and oxygen atoms in total. The Bertz CT molecular complexity index is 1080. The molecule has 4 heteroatoms. The van der Waals surface area contributed by atoms with Gasteiger partial charge in [-0.05, 0) is 59.7 Å². The molecule has 2 unspecified atom stereocenters. The van der Waals surface area contributed by atoms with E-state index in [1.807, 2.05) is 109 Å². The van der Waals surface area contributed by atoms with Gasteiger partial charge >= 0.3 is 0 Å². The molecule has 1 aliphatic rings. The fourth-order valence-corrected chi connectivity index (χ4v) is 4.14. The Labute approximate surface area is 194 Å². The van der Waals surface area contributed by atoms with Crippen molar-refractivity contribution < 1.29 is 19.3 Å². The summed E-state index contributed by atoms with van der Waals surface area (Å²) in [5, 5.41) is 10.6. The first-order valence-electron chi connectivity index (χ1n) is 11.2. The Morgan fingerprint density at radius 3 is 1.42 bits per heavy atom. The van der Waals surface area contributed by atoms with Crippen LogP contribution in [0.1, 0.15) is 36.2 Å². The molecule has 5 rings (SSSR count). The number of para-hydroxylation sites is 2. The van der Waals surface area contributed by atoms with Crippen LogP contribution in [-0.4, -0.2) is 11.2 Å². The highest BCUT2D eigenvalue weighted by Gasteiger charge is 2.30. The minimum absolute atomic E-state index is 0.225. The van der Waals surface area contributed by atoms with Crippen LogP contribution in [0, 0.1) is 0 Å². The monoisotopic (exact) mass is 438 g/mol. The predicted molar refractivity (Wildman–Crippen MR) is 128 cm³/mol. The number of aliphatic hydroxyl groups excluding tert-OH is 1. The molecule has 1 N–H and O–H groups in total. The van der Waals surface area contributed by atoms with Crippen molar-refractivity contribution in [2.24, 2.45) is 0 Å². The summed E-state index contributed by atoms with van der Waals surface area (Å²) >= 11 is 0. The Balaban J connectivity index is 1.33. The zero-order valence-corrected chi connectivity index (χ0v) is 18.2. The van der Waals surface area contributed by atoms with Gasteiger partial charge in [0, 0.05) is 12.8 Å². The van der Waals surface area contributed by atoms with Gasteiger partial charge in [0.25, 0.3) is 0 Å². The number of hydrogen-bond acceptors (Lipinski definition) is 4. The zero-order chi connectivity index (χ0) is 22.5. The maximum atomic E-state index is 10.6. The van der Waals surface area contributed by atoms with Crippen molar-refractivity contribution >= 4 is 0 Å². The van der Waals surface area contributed by atoms with Gasteiger partial charge in [0.1, 0.15) is 23.0 Å². The summed E-state index contributed by atoms with van der Waals surface area (Å²) in [6, 6.07) is 35.2. The second-order valence-electron chi connectivity index (χ2n) is 8.21. The maximum Gasteiger partial charge on any atom is 0.127 e. The normalized spacial score (nSPS) is 20.2. The maximum absolute atomic E-state index is 10.6. The third-order valence-corrected chi connectivity index (χ3v) is 5.72. The Morgan fingerprint density at radius 1 is 0.545 bits per heavy atom. The molecular weight excluding hydrogens is 412 g/mol. The molecule has 4 aromatic carbocycles. The van der Waals surface area contributed by atoms with Crippen LogP contribution in [0.25, 0.3) is 0 Å². The lowest BCUT2D eigenvalue weighted by Gasteiger charge is -2.34. The van der Waals surface area contributed by atoms with Crippen molar-refractivity contribution in [2.45, 2.75) is 31.2 Å². The molecule has 33 heavy (non-hydrogen) atoms. The lowest BCUT2D eigenvalue weighted by Crippen LogP contribution is -2.26. The van der Waals surface area contributed by atoms with E-state index < -0.39 is 6.10 Å². The van der Waals surface area contributed by atoms with Gasteiger partial charge in [0.05, 0.1) is 18.3 Å². The van der Waals surface area contributed by atoms with E-state index in [2.05, 4.69) is 0 Å². The lowest BCUT2D eigenvalue weighted by molar-refractivity contribution is -0.0999. The predicted octanol–water partition coefficient (Wildman–Crippen LogP) is 7.22. The van der Waals surface area contributed by atoms with Gasteiger partial charge in [0.2, 0.25) is 0 Å². The molecule has 0 spiro atoms. The van der Waals surface area contributed by atoms with Crippen LogP contribution in [0.15, 0.2) is 109 Å². The topological polar surface area (TPSA) is 47.9 Å². The van der Waals surface area contributed by atoms with Crippen LogP contribution in [0.2, 0.25) is 0 Å². The van der Waals surface area contributed by atoms with Crippen LogP contribution < -0.4 is 9.47 Å². The molecule has 1 saturated heterocycles. The van der Waals surface area contributed by atoms with E-state index in [0.29, 0.717) is 12.8 Å². The van der Waals surface area contributed by atoms with Gasteiger partial charge in [0.15, 0.2) is 0 Å². The molecule has 2 atom stereocenters. The number of aliphatic hydroxyl groups is 1. The summed E-state index contributed by atoms with van der Waals surface area (Å²) in [7, 11) is 0. The Morgan fingerprint density at radius 2 is 0.970 bits per heavy atom. The summed E-state index contributed by atoms with van der Waals surface area (Å²) in [6.07, 6.45) is 0.191. The largest absolute Gasteiger partial charge is 0.457 e. The Kier molecular flexibility index (Phi) is 6.38. The number of ether oxygens (including phenoxy) is 3. The number of rotatable bonds is 6. The van der Waals surface area contributed by atoms with Gasteiger partial charge < -0.3 is 19.3 Å². The molecule has 0 aromatic heterocycles. The molecule has 0 radical (unpaired) electrons. The average molecular weight is 439 g/mol. The van der Waals surface area contributed by atoms with Crippen molar-refractivity contribution in [1.29, 1.82) is 0 Å². The third-order valence-electron chi connectivity index (χ3n) is 5.72. The molecule has 1 heterocycles. The second-order valence-corrected chi connectivity index (χ2v) is 8.21. The molecule has 166 valence electrons. The third kappa shape index (κ3) is 5.43. The van der Waals surface area contributed by atoms with Crippen molar-refractivity contribution in [3.8, 4) is 23.0 Å². The first-order chi connectivity index (χ1) is 16.2.